The van der Waals surface area contributed by atoms with Gasteiger partial charge in [-0.2, -0.15) is 0 Å². The third-order valence-corrected chi connectivity index (χ3v) is 2.17. The predicted molar refractivity (Wildman–Crippen MR) is 56.1 cm³/mol. The van der Waals surface area contributed by atoms with E-state index in [0.29, 0.717) is 13.1 Å². The van der Waals surface area contributed by atoms with Gasteiger partial charge >= 0.3 is 6.09 Å². The molecule has 0 aliphatic carbocycles. The molecule has 1 atom stereocenters. The van der Waals surface area contributed by atoms with Gasteiger partial charge < -0.3 is 9.84 Å². The molecule has 0 bridgehead atoms. The molecular weight excluding hydrogens is 196 g/mol. The Bertz CT molecular complexity index is 225. The zero-order valence-electron chi connectivity index (χ0n) is 9.62. The van der Waals surface area contributed by atoms with E-state index in [4.69, 9.17) is 9.84 Å². The van der Waals surface area contributed by atoms with Crippen LogP contribution in [-0.2, 0) is 4.74 Å². The van der Waals surface area contributed by atoms with Crippen LogP contribution in [-0.4, -0.2) is 41.5 Å². The molecule has 5 heteroatoms. The molecule has 1 aliphatic heterocycles. The van der Waals surface area contributed by atoms with Crippen LogP contribution >= 0.6 is 0 Å². The first kappa shape index (κ1) is 12.3. The SMILES string of the molecule is CC(C)(C)OC(=O)N1CC(CO)CCN1. The molecule has 0 spiro atoms. The molecule has 0 aromatic carbocycles. The summed E-state index contributed by atoms with van der Waals surface area (Å²) in [6.07, 6.45) is 0.510. The first-order valence-electron chi connectivity index (χ1n) is 5.27. The Morgan fingerprint density at radius 2 is 2.27 bits per heavy atom. The quantitative estimate of drug-likeness (QED) is 0.678. The van der Waals surface area contributed by atoms with E-state index in [0.717, 1.165) is 6.42 Å². The van der Waals surface area contributed by atoms with Crippen molar-refractivity contribution in [2.45, 2.75) is 32.8 Å². The summed E-state index contributed by atoms with van der Waals surface area (Å²) in [5.41, 5.74) is 2.47. The molecule has 0 radical (unpaired) electrons. The molecule has 0 saturated carbocycles. The van der Waals surface area contributed by atoms with E-state index < -0.39 is 5.60 Å². The summed E-state index contributed by atoms with van der Waals surface area (Å²) in [6, 6.07) is 0. The second-order valence-corrected chi connectivity index (χ2v) is 4.84. The lowest BCUT2D eigenvalue weighted by Crippen LogP contribution is -2.52. The molecule has 0 aromatic heterocycles. The Morgan fingerprint density at radius 1 is 1.60 bits per heavy atom. The van der Waals surface area contributed by atoms with Gasteiger partial charge in [-0.15, -0.1) is 0 Å². The average Bonchev–Trinajstić information content (AvgIpc) is 2.15. The standard InChI is InChI=1S/C10H20N2O3/c1-10(2,3)15-9(14)12-6-8(7-13)4-5-11-12/h8,11,13H,4-7H2,1-3H3. The Kier molecular flexibility index (Phi) is 3.93. The number of hydrazine groups is 1. The molecule has 1 aliphatic rings. The summed E-state index contributed by atoms with van der Waals surface area (Å²) in [6.45, 7) is 6.81. The number of hydrogen-bond donors (Lipinski definition) is 2. The normalized spacial score (nSPS) is 22.7. The van der Waals surface area contributed by atoms with E-state index in [1.54, 1.807) is 0 Å². The van der Waals surface area contributed by atoms with Crippen LogP contribution in [0.15, 0.2) is 0 Å². The van der Waals surface area contributed by atoms with Crippen molar-refractivity contribution in [2.24, 2.45) is 5.92 Å². The smallest absolute Gasteiger partial charge is 0.424 e. The summed E-state index contributed by atoms with van der Waals surface area (Å²) in [7, 11) is 0. The van der Waals surface area contributed by atoms with E-state index in [1.165, 1.54) is 5.01 Å². The van der Waals surface area contributed by atoms with Gasteiger partial charge in [-0.05, 0) is 27.2 Å². The van der Waals surface area contributed by atoms with Crippen LogP contribution < -0.4 is 5.43 Å². The van der Waals surface area contributed by atoms with Crippen LogP contribution in [0.4, 0.5) is 4.79 Å². The maximum absolute atomic E-state index is 11.6. The number of ether oxygens (including phenoxy) is 1. The number of nitrogens with zero attached hydrogens (tertiary/aromatic N) is 1. The van der Waals surface area contributed by atoms with Crippen molar-refractivity contribution in [3.8, 4) is 0 Å². The molecule has 88 valence electrons. The van der Waals surface area contributed by atoms with Gasteiger partial charge in [-0.25, -0.2) is 15.2 Å². The third-order valence-electron chi connectivity index (χ3n) is 2.17. The molecule has 1 heterocycles. The highest BCUT2D eigenvalue weighted by Gasteiger charge is 2.27. The number of rotatable bonds is 1. The van der Waals surface area contributed by atoms with E-state index in [1.807, 2.05) is 20.8 Å². The van der Waals surface area contributed by atoms with Crippen molar-refractivity contribution in [1.82, 2.24) is 10.4 Å². The van der Waals surface area contributed by atoms with Gasteiger partial charge in [0.15, 0.2) is 0 Å². The van der Waals surface area contributed by atoms with Gasteiger partial charge in [-0.1, -0.05) is 0 Å². The number of amides is 1. The van der Waals surface area contributed by atoms with E-state index in [-0.39, 0.29) is 18.6 Å². The summed E-state index contributed by atoms with van der Waals surface area (Å²) >= 11 is 0. The second kappa shape index (κ2) is 4.81. The molecule has 1 rings (SSSR count). The third kappa shape index (κ3) is 4.05. The van der Waals surface area contributed by atoms with E-state index in [9.17, 15) is 4.79 Å². The van der Waals surface area contributed by atoms with Crippen molar-refractivity contribution < 1.29 is 14.6 Å². The summed E-state index contributed by atoms with van der Waals surface area (Å²) in [5.74, 6) is 0.152. The fraction of sp³-hybridized carbons (Fsp3) is 0.900. The van der Waals surface area contributed by atoms with Crippen LogP contribution in [0.5, 0.6) is 0 Å². The van der Waals surface area contributed by atoms with E-state index in [2.05, 4.69) is 5.43 Å². The van der Waals surface area contributed by atoms with Crippen LogP contribution in [0.2, 0.25) is 0 Å². The summed E-state index contributed by atoms with van der Waals surface area (Å²) in [5, 5.41) is 10.5. The molecule has 2 N–H and O–H groups in total. The monoisotopic (exact) mass is 216 g/mol. The average molecular weight is 216 g/mol. The van der Waals surface area contributed by atoms with E-state index >= 15 is 0 Å². The summed E-state index contributed by atoms with van der Waals surface area (Å²) in [4.78, 5) is 11.6. The van der Waals surface area contributed by atoms with Gasteiger partial charge in [0.25, 0.3) is 0 Å². The van der Waals surface area contributed by atoms with Gasteiger partial charge in [0, 0.05) is 25.6 Å². The highest BCUT2D eigenvalue weighted by molar-refractivity contribution is 5.67. The number of carbonyl (C=O) groups excluding carboxylic acids is 1. The molecule has 1 amide bonds. The maximum Gasteiger partial charge on any atom is 0.424 e. The number of hydrogen-bond acceptors (Lipinski definition) is 4. The molecule has 5 nitrogen and oxygen atoms in total. The zero-order valence-corrected chi connectivity index (χ0v) is 9.62. The summed E-state index contributed by atoms with van der Waals surface area (Å²) < 4.78 is 5.21. The van der Waals surface area contributed by atoms with Crippen LogP contribution in [0.1, 0.15) is 27.2 Å². The van der Waals surface area contributed by atoms with Gasteiger partial charge in [0.2, 0.25) is 0 Å². The molecular formula is C10H20N2O3. The van der Waals surface area contributed by atoms with Crippen molar-refractivity contribution in [1.29, 1.82) is 0 Å². The number of nitrogens with one attached hydrogen (secondary N) is 1. The first-order valence-corrected chi connectivity index (χ1v) is 5.27. The second-order valence-electron chi connectivity index (χ2n) is 4.84. The van der Waals surface area contributed by atoms with Gasteiger partial charge in [0.1, 0.15) is 5.60 Å². The van der Waals surface area contributed by atoms with Gasteiger partial charge in [-0.3, -0.25) is 0 Å². The van der Waals surface area contributed by atoms with Crippen molar-refractivity contribution in [2.75, 3.05) is 19.7 Å². The van der Waals surface area contributed by atoms with Crippen molar-refractivity contribution in [3.63, 3.8) is 0 Å². The lowest BCUT2D eigenvalue weighted by molar-refractivity contribution is -0.00202. The lowest BCUT2D eigenvalue weighted by Gasteiger charge is -2.33. The number of carbonyl (C=O) groups is 1. The van der Waals surface area contributed by atoms with Crippen molar-refractivity contribution >= 4 is 6.09 Å². The minimum atomic E-state index is -0.481. The predicted octanol–water partition coefficient (Wildman–Crippen LogP) is 0.740. The largest absolute Gasteiger partial charge is 0.443 e. The lowest BCUT2D eigenvalue weighted by atomic mass is 10.1. The Morgan fingerprint density at radius 3 is 2.80 bits per heavy atom. The highest BCUT2D eigenvalue weighted by atomic mass is 16.6. The molecule has 1 unspecified atom stereocenters. The minimum absolute atomic E-state index is 0.112. The fourth-order valence-electron chi connectivity index (χ4n) is 1.42. The number of aliphatic hydroxyl groups excluding tert-OH is 1. The van der Waals surface area contributed by atoms with Gasteiger partial charge in [0.05, 0.1) is 0 Å². The van der Waals surface area contributed by atoms with Crippen LogP contribution in [0, 0.1) is 5.92 Å². The maximum atomic E-state index is 11.6. The zero-order chi connectivity index (χ0) is 11.5. The topological polar surface area (TPSA) is 61.8 Å². The highest BCUT2D eigenvalue weighted by Crippen LogP contribution is 2.13. The molecule has 15 heavy (non-hydrogen) atoms. The molecule has 0 aromatic rings. The number of aliphatic hydroxyl groups is 1. The minimum Gasteiger partial charge on any atom is -0.443 e. The first-order chi connectivity index (χ1) is 6.92. The Balaban J connectivity index is 2.45. The molecule has 1 fully saturated rings. The van der Waals surface area contributed by atoms with Crippen LogP contribution in [0.25, 0.3) is 0 Å². The van der Waals surface area contributed by atoms with Crippen LogP contribution in [0.3, 0.4) is 0 Å². The van der Waals surface area contributed by atoms with Crippen molar-refractivity contribution in [3.05, 3.63) is 0 Å². The Labute approximate surface area is 90.4 Å². The Hall–Kier alpha value is -0.810. The molecule has 1 saturated heterocycles. The fourth-order valence-corrected chi connectivity index (χ4v) is 1.42.